The molecule has 0 aliphatic carbocycles. The van der Waals surface area contributed by atoms with E-state index >= 15 is 0 Å². The van der Waals surface area contributed by atoms with Gasteiger partial charge in [-0.25, -0.2) is 4.39 Å². The van der Waals surface area contributed by atoms with E-state index in [0.717, 1.165) is 4.90 Å². The minimum atomic E-state index is -0.543. The molecule has 39 heavy (non-hydrogen) atoms. The van der Waals surface area contributed by atoms with E-state index in [1.54, 1.807) is 60.7 Å². The monoisotopic (exact) mass is 543 g/mol. The van der Waals surface area contributed by atoms with Crippen LogP contribution in [0.25, 0.3) is 6.08 Å². The average Bonchev–Trinajstić information content (AvgIpc) is 3.46. The fourth-order valence-corrected chi connectivity index (χ4v) is 4.56. The maximum Gasteiger partial charge on any atom is 0.272 e. The highest BCUT2D eigenvalue weighted by Gasteiger charge is 2.19. The molecule has 198 valence electrons. The van der Waals surface area contributed by atoms with Crippen molar-refractivity contribution in [2.75, 3.05) is 10.6 Å². The highest BCUT2D eigenvalue weighted by Crippen LogP contribution is 2.29. The summed E-state index contributed by atoms with van der Waals surface area (Å²) in [5.41, 5.74) is 1.40. The van der Waals surface area contributed by atoms with Gasteiger partial charge in [-0.15, -0.1) is 11.8 Å². The lowest BCUT2D eigenvalue weighted by Crippen LogP contribution is -2.30. The molecule has 3 N–H and O–H groups in total. The standard InChI is InChI=1S/C30H26FN3O4S/c1-2-27(30(37)32-22-15-13-21(31)14-16-22)39-25-12-6-10-23(18-25)33-29(36)26(19-24-11-7-17-38-24)34-28(35)20-8-4-3-5-9-20/h3-19,27H,2H2,1H3,(H,32,37)(H,33,36)(H,34,35)/b26-19-. The van der Waals surface area contributed by atoms with Crippen molar-refractivity contribution >= 4 is 46.9 Å². The maximum absolute atomic E-state index is 13.2. The molecule has 0 aliphatic rings. The molecule has 0 radical (unpaired) electrons. The van der Waals surface area contributed by atoms with Crippen molar-refractivity contribution in [3.05, 3.63) is 120 Å². The third-order valence-electron chi connectivity index (χ3n) is 5.50. The van der Waals surface area contributed by atoms with Crippen molar-refractivity contribution in [2.45, 2.75) is 23.5 Å². The van der Waals surface area contributed by atoms with Gasteiger partial charge in [-0.2, -0.15) is 0 Å². The first kappa shape index (κ1) is 27.4. The first-order chi connectivity index (χ1) is 18.9. The van der Waals surface area contributed by atoms with E-state index in [1.807, 2.05) is 13.0 Å². The number of furan rings is 1. The van der Waals surface area contributed by atoms with Gasteiger partial charge in [-0.1, -0.05) is 31.2 Å². The summed E-state index contributed by atoms with van der Waals surface area (Å²) in [7, 11) is 0. The molecule has 1 aromatic heterocycles. The van der Waals surface area contributed by atoms with Crippen LogP contribution < -0.4 is 16.0 Å². The summed E-state index contributed by atoms with van der Waals surface area (Å²) in [5, 5.41) is 7.85. The van der Waals surface area contributed by atoms with Crippen molar-refractivity contribution in [1.82, 2.24) is 5.32 Å². The van der Waals surface area contributed by atoms with Crippen molar-refractivity contribution in [3.63, 3.8) is 0 Å². The van der Waals surface area contributed by atoms with E-state index in [9.17, 15) is 18.8 Å². The van der Waals surface area contributed by atoms with Gasteiger partial charge >= 0.3 is 0 Å². The van der Waals surface area contributed by atoms with Gasteiger partial charge in [0.1, 0.15) is 17.3 Å². The van der Waals surface area contributed by atoms with Crippen LogP contribution in [0, 0.1) is 5.82 Å². The molecule has 0 bridgehead atoms. The highest BCUT2D eigenvalue weighted by molar-refractivity contribution is 8.00. The van der Waals surface area contributed by atoms with Crippen LogP contribution >= 0.6 is 11.8 Å². The van der Waals surface area contributed by atoms with Crippen molar-refractivity contribution in [3.8, 4) is 0 Å². The molecule has 0 spiro atoms. The zero-order valence-electron chi connectivity index (χ0n) is 21.0. The van der Waals surface area contributed by atoms with Gasteiger partial charge in [0.15, 0.2) is 0 Å². The number of nitrogens with one attached hydrogen (secondary N) is 3. The lowest BCUT2D eigenvalue weighted by atomic mass is 10.2. The Bertz CT molecular complexity index is 1460. The number of thioether (sulfide) groups is 1. The van der Waals surface area contributed by atoms with Gasteiger partial charge in [0.25, 0.3) is 11.8 Å². The smallest absolute Gasteiger partial charge is 0.272 e. The summed E-state index contributed by atoms with van der Waals surface area (Å²) >= 11 is 1.34. The molecule has 4 aromatic rings. The Hall–Kier alpha value is -4.63. The van der Waals surface area contributed by atoms with Gasteiger partial charge in [0, 0.05) is 27.9 Å². The van der Waals surface area contributed by atoms with E-state index in [4.69, 9.17) is 4.42 Å². The lowest BCUT2D eigenvalue weighted by molar-refractivity contribution is -0.116. The Morgan fingerprint density at radius 2 is 1.67 bits per heavy atom. The predicted octanol–water partition coefficient (Wildman–Crippen LogP) is 6.34. The fourth-order valence-electron chi connectivity index (χ4n) is 3.55. The van der Waals surface area contributed by atoms with Crippen LogP contribution in [0.5, 0.6) is 0 Å². The Morgan fingerprint density at radius 3 is 2.36 bits per heavy atom. The molecule has 9 heteroatoms. The zero-order valence-corrected chi connectivity index (χ0v) is 21.8. The largest absolute Gasteiger partial charge is 0.465 e. The first-order valence-corrected chi connectivity index (χ1v) is 13.1. The topological polar surface area (TPSA) is 100 Å². The molecule has 0 fully saturated rings. The minimum absolute atomic E-state index is 0.00182. The molecule has 4 rings (SSSR count). The number of rotatable bonds is 10. The molecule has 3 aromatic carbocycles. The van der Waals surface area contributed by atoms with Crippen LogP contribution in [-0.2, 0) is 9.59 Å². The van der Waals surface area contributed by atoms with E-state index < -0.39 is 17.1 Å². The number of benzene rings is 3. The van der Waals surface area contributed by atoms with Gasteiger partial charge in [-0.05, 0) is 73.2 Å². The molecule has 7 nitrogen and oxygen atoms in total. The zero-order chi connectivity index (χ0) is 27.6. The van der Waals surface area contributed by atoms with E-state index in [1.165, 1.54) is 48.4 Å². The third-order valence-corrected chi connectivity index (χ3v) is 6.86. The van der Waals surface area contributed by atoms with Gasteiger partial charge < -0.3 is 20.4 Å². The number of carbonyl (C=O) groups excluding carboxylic acids is 3. The number of amides is 3. The normalized spacial score (nSPS) is 11.9. The minimum Gasteiger partial charge on any atom is -0.465 e. The van der Waals surface area contributed by atoms with E-state index in [-0.39, 0.29) is 17.4 Å². The van der Waals surface area contributed by atoms with Gasteiger partial charge in [-0.3, -0.25) is 14.4 Å². The van der Waals surface area contributed by atoms with Crippen LogP contribution in [0.15, 0.2) is 112 Å². The summed E-state index contributed by atoms with van der Waals surface area (Å²) < 4.78 is 18.5. The second kappa shape index (κ2) is 13.3. The molecule has 1 heterocycles. The fraction of sp³-hybridized carbons (Fsp3) is 0.100. The van der Waals surface area contributed by atoms with Crippen LogP contribution in [-0.4, -0.2) is 23.0 Å². The van der Waals surface area contributed by atoms with Crippen LogP contribution in [0.1, 0.15) is 29.5 Å². The molecule has 1 unspecified atom stereocenters. The second-order valence-electron chi connectivity index (χ2n) is 8.39. The summed E-state index contributed by atoms with van der Waals surface area (Å²) in [5.74, 6) is -1.17. The SMILES string of the molecule is CCC(Sc1cccc(NC(=O)/C(=C/c2ccco2)NC(=O)c2ccccc2)c1)C(=O)Nc1ccc(F)cc1. The molecular weight excluding hydrogens is 517 g/mol. The van der Waals surface area contributed by atoms with Crippen molar-refractivity contribution < 1.29 is 23.2 Å². The summed E-state index contributed by atoms with van der Waals surface area (Å²) in [6.45, 7) is 1.90. The van der Waals surface area contributed by atoms with Crippen LogP contribution in [0.2, 0.25) is 0 Å². The Kier molecular flexibility index (Phi) is 9.31. The summed E-state index contributed by atoms with van der Waals surface area (Å²) in [6.07, 6.45) is 3.47. The maximum atomic E-state index is 13.2. The first-order valence-electron chi connectivity index (χ1n) is 12.2. The number of anilines is 2. The number of carbonyl (C=O) groups is 3. The van der Waals surface area contributed by atoms with E-state index in [2.05, 4.69) is 16.0 Å². The van der Waals surface area contributed by atoms with Crippen molar-refractivity contribution in [2.24, 2.45) is 0 Å². The predicted molar refractivity (Wildman–Crippen MR) is 151 cm³/mol. The summed E-state index contributed by atoms with van der Waals surface area (Å²) in [6, 6.07) is 24.5. The van der Waals surface area contributed by atoms with Crippen LogP contribution in [0.3, 0.4) is 0 Å². The average molecular weight is 544 g/mol. The number of halogens is 1. The quantitative estimate of drug-likeness (QED) is 0.160. The molecule has 3 amide bonds. The lowest BCUT2D eigenvalue weighted by Gasteiger charge is -2.16. The third kappa shape index (κ3) is 7.93. The van der Waals surface area contributed by atoms with E-state index in [0.29, 0.717) is 29.1 Å². The van der Waals surface area contributed by atoms with Gasteiger partial charge in [0.05, 0.1) is 11.5 Å². The van der Waals surface area contributed by atoms with Crippen LogP contribution in [0.4, 0.5) is 15.8 Å². The molecule has 1 atom stereocenters. The number of hydrogen-bond acceptors (Lipinski definition) is 5. The van der Waals surface area contributed by atoms with Crippen molar-refractivity contribution in [1.29, 1.82) is 0 Å². The second-order valence-corrected chi connectivity index (χ2v) is 9.66. The Morgan fingerprint density at radius 1 is 0.897 bits per heavy atom. The molecule has 0 saturated heterocycles. The summed E-state index contributed by atoms with van der Waals surface area (Å²) in [4.78, 5) is 39.5. The number of hydrogen-bond donors (Lipinski definition) is 3. The molecule has 0 saturated carbocycles. The Labute approximate surface area is 229 Å². The molecule has 0 aliphatic heterocycles. The Balaban J connectivity index is 1.46. The molecular formula is C30H26FN3O4S. The van der Waals surface area contributed by atoms with Gasteiger partial charge in [0.2, 0.25) is 5.91 Å². The highest BCUT2D eigenvalue weighted by atomic mass is 32.2.